The molecule has 1 amide bonds. The fourth-order valence-electron chi connectivity index (χ4n) is 1.000. The summed E-state index contributed by atoms with van der Waals surface area (Å²) in [6.07, 6.45) is -1.09. The number of rotatable bonds is 8. The highest BCUT2D eigenvalue weighted by Gasteiger charge is 2.36. The Labute approximate surface area is 112 Å². The topological polar surface area (TPSA) is 198 Å². The Bertz CT molecular complexity index is 509. The van der Waals surface area contributed by atoms with Gasteiger partial charge in [0, 0.05) is 0 Å². The molecule has 0 aromatic heterocycles. The molecule has 0 aliphatic rings. The first-order valence-electron chi connectivity index (χ1n) is 4.83. The van der Waals surface area contributed by atoms with Gasteiger partial charge in [0.2, 0.25) is 5.91 Å². The standard InChI is InChI=1S/C8H11NO10S/c9-5(10)1-4(20(16,17)18)8(15)19-2-3(6(11)12)7(13)14/h3-4H,1-2H2,(H2,9,10)(H,11,12)(H,13,14)(H,16,17,18). The van der Waals surface area contributed by atoms with Crippen molar-refractivity contribution in [3.05, 3.63) is 0 Å². The summed E-state index contributed by atoms with van der Waals surface area (Å²) < 4.78 is 34.6. The van der Waals surface area contributed by atoms with Gasteiger partial charge in [0.1, 0.15) is 6.61 Å². The Morgan fingerprint density at radius 1 is 1.10 bits per heavy atom. The average molecular weight is 313 g/mol. The van der Waals surface area contributed by atoms with Crippen molar-refractivity contribution < 1.29 is 47.1 Å². The van der Waals surface area contributed by atoms with Crippen molar-refractivity contribution in [1.29, 1.82) is 0 Å². The average Bonchev–Trinajstić information content (AvgIpc) is 2.22. The molecular formula is C8H11NO10S. The summed E-state index contributed by atoms with van der Waals surface area (Å²) in [5.74, 6) is -8.67. The second-order valence-electron chi connectivity index (χ2n) is 3.53. The number of carbonyl (C=O) groups is 4. The molecule has 0 aliphatic carbocycles. The number of carbonyl (C=O) groups excluding carboxylic acids is 2. The van der Waals surface area contributed by atoms with E-state index in [0.29, 0.717) is 0 Å². The molecule has 0 bridgehead atoms. The fourth-order valence-corrected chi connectivity index (χ4v) is 1.69. The number of nitrogens with two attached hydrogens (primary N) is 1. The predicted octanol–water partition coefficient (Wildman–Crippen LogP) is -2.55. The van der Waals surface area contributed by atoms with E-state index in [2.05, 4.69) is 10.5 Å². The third-order valence-corrected chi connectivity index (χ3v) is 3.08. The van der Waals surface area contributed by atoms with E-state index in [1.807, 2.05) is 0 Å². The number of carboxylic acid groups (broad SMARTS) is 2. The zero-order valence-corrected chi connectivity index (χ0v) is 10.6. The van der Waals surface area contributed by atoms with Crippen molar-refractivity contribution in [3.8, 4) is 0 Å². The van der Waals surface area contributed by atoms with Gasteiger partial charge in [-0.2, -0.15) is 8.42 Å². The van der Waals surface area contributed by atoms with Gasteiger partial charge in [-0.15, -0.1) is 0 Å². The minimum atomic E-state index is -5.02. The highest BCUT2D eigenvalue weighted by molar-refractivity contribution is 7.87. The summed E-state index contributed by atoms with van der Waals surface area (Å²) in [6, 6.07) is 0. The lowest BCUT2D eigenvalue weighted by molar-refractivity contribution is -0.160. The van der Waals surface area contributed by atoms with E-state index >= 15 is 0 Å². The molecule has 0 saturated carbocycles. The number of hydrogen-bond donors (Lipinski definition) is 4. The minimum absolute atomic E-state index is 1.09. The summed E-state index contributed by atoms with van der Waals surface area (Å²) in [6.45, 7) is -1.17. The van der Waals surface area contributed by atoms with Gasteiger partial charge in [0.25, 0.3) is 10.1 Å². The van der Waals surface area contributed by atoms with Crippen LogP contribution in [0.1, 0.15) is 6.42 Å². The lowest BCUT2D eigenvalue weighted by atomic mass is 10.2. The summed E-state index contributed by atoms with van der Waals surface area (Å²) >= 11 is 0. The highest BCUT2D eigenvalue weighted by Crippen LogP contribution is 2.08. The predicted molar refractivity (Wildman–Crippen MR) is 58.9 cm³/mol. The molecule has 0 spiro atoms. The smallest absolute Gasteiger partial charge is 0.327 e. The van der Waals surface area contributed by atoms with Gasteiger partial charge < -0.3 is 20.7 Å². The van der Waals surface area contributed by atoms with Gasteiger partial charge in [0.15, 0.2) is 11.2 Å². The molecule has 1 unspecified atom stereocenters. The second kappa shape index (κ2) is 6.81. The van der Waals surface area contributed by atoms with Crippen molar-refractivity contribution in [2.24, 2.45) is 11.7 Å². The molecule has 0 aromatic rings. The van der Waals surface area contributed by atoms with Crippen LogP contribution in [0.25, 0.3) is 0 Å². The van der Waals surface area contributed by atoms with E-state index in [0.717, 1.165) is 0 Å². The highest BCUT2D eigenvalue weighted by atomic mass is 32.2. The van der Waals surface area contributed by atoms with Gasteiger partial charge in [-0.1, -0.05) is 0 Å². The van der Waals surface area contributed by atoms with Gasteiger partial charge >= 0.3 is 17.9 Å². The first-order chi connectivity index (χ1) is 8.96. The summed E-state index contributed by atoms with van der Waals surface area (Å²) in [5, 5.41) is 14.6. The van der Waals surface area contributed by atoms with Gasteiger partial charge in [-0.25, -0.2) is 0 Å². The van der Waals surface area contributed by atoms with Crippen molar-refractivity contribution in [2.45, 2.75) is 11.7 Å². The van der Waals surface area contributed by atoms with E-state index in [9.17, 15) is 27.6 Å². The molecule has 0 aliphatic heterocycles. The van der Waals surface area contributed by atoms with Crippen LogP contribution >= 0.6 is 0 Å². The summed E-state index contributed by atoms with van der Waals surface area (Å²) in [5.41, 5.74) is 4.67. The first-order valence-corrected chi connectivity index (χ1v) is 6.34. The third-order valence-electron chi connectivity index (χ3n) is 2.00. The fraction of sp³-hybridized carbons (Fsp3) is 0.500. The molecule has 0 saturated heterocycles. The maximum atomic E-state index is 11.3. The maximum Gasteiger partial charge on any atom is 0.327 e. The van der Waals surface area contributed by atoms with Crippen LogP contribution in [-0.2, 0) is 34.0 Å². The van der Waals surface area contributed by atoms with E-state index < -0.39 is 58.1 Å². The van der Waals surface area contributed by atoms with Crippen molar-refractivity contribution in [1.82, 2.24) is 0 Å². The van der Waals surface area contributed by atoms with Crippen LogP contribution in [-0.4, -0.2) is 58.9 Å². The number of amides is 1. The van der Waals surface area contributed by atoms with Crippen LogP contribution in [0.15, 0.2) is 0 Å². The zero-order chi connectivity index (χ0) is 16.1. The van der Waals surface area contributed by atoms with E-state index in [4.69, 9.17) is 14.8 Å². The van der Waals surface area contributed by atoms with E-state index in [1.165, 1.54) is 0 Å². The minimum Gasteiger partial charge on any atom is -0.481 e. The molecular weight excluding hydrogens is 302 g/mol. The number of ether oxygens (including phenoxy) is 1. The monoisotopic (exact) mass is 313 g/mol. The number of aliphatic carboxylic acids is 2. The molecule has 0 aromatic carbocycles. The molecule has 11 nitrogen and oxygen atoms in total. The first kappa shape index (κ1) is 17.8. The van der Waals surface area contributed by atoms with Crippen LogP contribution in [0.5, 0.6) is 0 Å². The van der Waals surface area contributed by atoms with Crippen LogP contribution < -0.4 is 5.73 Å². The quantitative estimate of drug-likeness (QED) is 0.210. The van der Waals surface area contributed by atoms with Crippen LogP contribution in [0, 0.1) is 5.92 Å². The lowest BCUT2D eigenvalue weighted by Gasteiger charge is -2.13. The second-order valence-corrected chi connectivity index (χ2v) is 5.13. The Kier molecular flexibility index (Phi) is 6.06. The van der Waals surface area contributed by atoms with Crippen molar-refractivity contribution >= 4 is 33.9 Å². The number of hydrogen-bond acceptors (Lipinski definition) is 7. The Balaban J connectivity index is 4.91. The maximum absolute atomic E-state index is 11.3. The van der Waals surface area contributed by atoms with Gasteiger partial charge in [0.05, 0.1) is 6.42 Å². The number of primary amides is 1. The molecule has 0 heterocycles. The Hall–Kier alpha value is -2.21. The zero-order valence-electron chi connectivity index (χ0n) is 9.75. The summed E-state index contributed by atoms with van der Waals surface area (Å²) in [4.78, 5) is 42.9. The van der Waals surface area contributed by atoms with Gasteiger partial charge in [-0.3, -0.25) is 23.7 Å². The summed E-state index contributed by atoms with van der Waals surface area (Å²) in [7, 11) is -5.02. The van der Waals surface area contributed by atoms with Crippen LogP contribution in [0.3, 0.4) is 0 Å². The normalized spacial score (nSPS) is 12.7. The van der Waals surface area contributed by atoms with Crippen molar-refractivity contribution in [2.75, 3.05) is 6.61 Å². The molecule has 1 atom stereocenters. The largest absolute Gasteiger partial charge is 0.481 e. The van der Waals surface area contributed by atoms with Crippen LogP contribution in [0.2, 0.25) is 0 Å². The molecule has 0 rings (SSSR count). The van der Waals surface area contributed by atoms with Crippen LogP contribution in [0.4, 0.5) is 0 Å². The molecule has 0 radical (unpaired) electrons. The molecule has 20 heavy (non-hydrogen) atoms. The number of esters is 1. The molecule has 0 fully saturated rings. The van der Waals surface area contributed by atoms with E-state index in [-0.39, 0.29) is 0 Å². The molecule has 114 valence electrons. The number of carboxylic acids is 2. The Morgan fingerprint density at radius 2 is 1.55 bits per heavy atom. The van der Waals surface area contributed by atoms with Crippen molar-refractivity contribution in [3.63, 3.8) is 0 Å². The lowest BCUT2D eigenvalue weighted by Crippen LogP contribution is -2.38. The van der Waals surface area contributed by atoms with E-state index in [1.54, 1.807) is 0 Å². The third kappa shape index (κ3) is 5.62. The SMILES string of the molecule is NC(=O)CC(C(=O)OCC(C(=O)O)C(=O)O)S(=O)(=O)O. The molecule has 5 N–H and O–H groups in total. The molecule has 12 heteroatoms. The van der Waals surface area contributed by atoms with Gasteiger partial charge in [-0.05, 0) is 0 Å². The Morgan fingerprint density at radius 3 is 1.85 bits per heavy atom.